The van der Waals surface area contributed by atoms with Crippen LogP contribution < -0.4 is 5.73 Å². The summed E-state index contributed by atoms with van der Waals surface area (Å²) in [5.41, 5.74) is 8.40. The number of hydrogen-bond acceptors (Lipinski definition) is 3. The van der Waals surface area contributed by atoms with Gasteiger partial charge in [0.05, 0.1) is 5.56 Å². The molecule has 0 spiro atoms. The molecule has 0 aliphatic heterocycles. The molecule has 0 atom stereocenters. The van der Waals surface area contributed by atoms with Crippen molar-refractivity contribution >= 4 is 11.6 Å². The summed E-state index contributed by atoms with van der Waals surface area (Å²) in [7, 11) is 0. The van der Waals surface area contributed by atoms with Gasteiger partial charge in [0.15, 0.2) is 0 Å². The predicted molar refractivity (Wildman–Crippen MR) is 81.9 cm³/mol. The molecule has 0 unspecified atom stereocenters. The molecule has 2 N–H and O–H groups in total. The molecule has 1 fully saturated rings. The number of furan rings is 1. The summed E-state index contributed by atoms with van der Waals surface area (Å²) in [5.74, 6) is 1.49. The Morgan fingerprint density at radius 3 is 2.62 bits per heavy atom. The highest BCUT2D eigenvalue weighted by Gasteiger charge is 2.34. The van der Waals surface area contributed by atoms with Gasteiger partial charge >= 0.3 is 0 Å². The van der Waals surface area contributed by atoms with E-state index in [1.54, 1.807) is 0 Å². The van der Waals surface area contributed by atoms with E-state index in [0.717, 1.165) is 29.9 Å². The molecular weight excluding hydrogens is 264 g/mol. The molecule has 21 heavy (non-hydrogen) atoms. The van der Waals surface area contributed by atoms with Crippen LogP contribution in [0.3, 0.4) is 0 Å². The number of amides is 1. The monoisotopic (exact) mass is 284 g/mol. The van der Waals surface area contributed by atoms with Crippen LogP contribution in [0, 0.1) is 13.8 Å². The topological polar surface area (TPSA) is 59.5 Å². The van der Waals surface area contributed by atoms with E-state index in [1.807, 2.05) is 49.1 Å². The molecule has 110 valence electrons. The largest absolute Gasteiger partial charge is 0.466 e. The highest BCUT2D eigenvalue weighted by molar-refractivity contribution is 5.95. The van der Waals surface area contributed by atoms with Crippen molar-refractivity contribution in [2.75, 3.05) is 5.73 Å². The van der Waals surface area contributed by atoms with Crippen LogP contribution >= 0.6 is 0 Å². The summed E-state index contributed by atoms with van der Waals surface area (Å²) in [4.78, 5) is 14.7. The van der Waals surface area contributed by atoms with Crippen molar-refractivity contribution in [1.82, 2.24) is 4.90 Å². The number of carbonyl (C=O) groups excluding carboxylic acids is 1. The van der Waals surface area contributed by atoms with Crippen LogP contribution in [0.1, 0.15) is 40.3 Å². The number of anilines is 1. The van der Waals surface area contributed by atoms with Gasteiger partial charge in [-0.05, 0) is 44.4 Å². The first-order chi connectivity index (χ1) is 10.1. The number of nitrogen functional groups attached to an aromatic ring is 1. The first-order valence-electron chi connectivity index (χ1n) is 7.27. The number of carbonyl (C=O) groups is 1. The fourth-order valence-electron chi connectivity index (χ4n) is 2.61. The average molecular weight is 284 g/mol. The van der Waals surface area contributed by atoms with Gasteiger partial charge in [-0.25, -0.2) is 0 Å². The lowest BCUT2D eigenvalue weighted by atomic mass is 10.1. The van der Waals surface area contributed by atoms with Crippen molar-refractivity contribution in [2.45, 2.75) is 39.3 Å². The van der Waals surface area contributed by atoms with E-state index in [1.165, 1.54) is 0 Å². The Bertz CT molecular complexity index is 671. The normalized spacial score (nSPS) is 14.2. The van der Waals surface area contributed by atoms with E-state index in [-0.39, 0.29) is 5.91 Å². The molecule has 1 aliphatic carbocycles. The second-order valence-corrected chi connectivity index (χ2v) is 5.69. The van der Waals surface area contributed by atoms with Crippen LogP contribution in [0.15, 0.2) is 34.7 Å². The first kappa shape index (κ1) is 13.7. The molecule has 1 saturated carbocycles. The third-order valence-electron chi connectivity index (χ3n) is 3.92. The zero-order valence-electron chi connectivity index (χ0n) is 12.4. The number of para-hydroxylation sites is 1. The maximum Gasteiger partial charge on any atom is 0.257 e. The number of hydrogen-bond donors (Lipinski definition) is 1. The zero-order valence-corrected chi connectivity index (χ0v) is 12.4. The average Bonchev–Trinajstić information content (AvgIpc) is 3.22. The van der Waals surface area contributed by atoms with Crippen molar-refractivity contribution < 1.29 is 9.21 Å². The van der Waals surface area contributed by atoms with Crippen LogP contribution in [0.25, 0.3) is 0 Å². The lowest BCUT2D eigenvalue weighted by Gasteiger charge is -2.23. The van der Waals surface area contributed by atoms with E-state index in [4.69, 9.17) is 10.2 Å². The van der Waals surface area contributed by atoms with Gasteiger partial charge in [0, 0.05) is 18.3 Å². The molecule has 0 saturated heterocycles. The van der Waals surface area contributed by atoms with E-state index in [9.17, 15) is 4.79 Å². The molecule has 1 aromatic heterocycles. The number of nitrogens with zero attached hydrogens (tertiary/aromatic N) is 1. The predicted octanol–water partition coefficient (Wildman–Crippen LogP) is 3.28. The van der Waals surface area contributed by atoms with Crippen LogP contribution in [-0.2, 0) is 6.54 Å². The molecule has 4 nitrogen and oxygen atoms in total. The SMILES string of the molecule is Cc1cc(C(=O)N(Cc2ccccc2N)C2CC2)c(C)o1. The number of aryl methyl sites for hydroxylation is 2. The Kier molecular flexibility index (Phi) is 3.45. The van der Waals surface area contributed by atoms with Crippen molar-refractivity contribution in [3.63, 3.8) is 0 Å². The number of benzene rings is 1. The highest BCUT2D eigenvalue weighted by atomic mass is 16.3. The molecule has 1 aromatic carbocycles. The zero-order chi connectivity index (χ0) is 15.0. The van der Waals surface area contributed by atoms with Gasteiger partial charge in [0.25, 0.3) is 5.91 Å². The number of rotatable bonds is 4. The van der Waals surface area contributed by atoms with Gasteiger partial charge < -0.3 is 15.1 Å². The van der Waals surface area contributed by atoms with Crippen LogP contribution in [-0.4, -0.2) is 16.8 Å². The molecule has 0 bridgehead atoms. The fraction of sp³-hybridized carbons (Fsp3) is 0.353. The van der Waals surface area contributed by atoms with Crippen LogP contribution in [0.4, 0.5) is 5.69 Å². The molecular formula is C17H20N2O2. The van der Waals surface area contributed by atoms with Crippen LogP contribution in [0.2, 0.25) is 0 Å². The lowest BCUT2D eigenvalue weighted by Crippen LogP contribution is -2.33. The summed E-state index contributed by atoms with van der Waals surface area (Å²) in [5, 5.41) is 0. The molecule has 2 aromatic rings. The van der Waals surface area contributed by atoms with Crippen molar-refractivity contribution in [3.05, 3.63) is 53.0 Å². The Morgan fingerprint density at radius 1 is 1.33 bits per heavy atom. The molecule has 0 radical (unpaired) electrons. The Morgan fingerprint density at radius 2 is 2.05 bits per heavy atom. The molecule has 1 amide bonds. The smallest absolute Gasteiger partial charge is 0.257 e. The van der Waals surface area contributed by atoms with E-state index >= 15 is 0 Å². The standard InChI is InChI=1S/C17H20N2O2/c1-11-9-15(12(2)21-11)17(20)19(14-7-8-14)10-13-5-3-4-6-16(13)18/h3-6,9,14H,7-8,10,18H2,1-2H3. The molecule has 3 rings (SSSR count). The van der Waals surface area contributed by atoms with Gasteiger partial charge in [0.1, 0.15) is 11.5 Å². The lowest BCUT2D eigenvalue weighted by molar-refractivity contribution is 0.0728. The Labute approximate surface area is 124 Å². The maximum absolute atomic E-state index is 12.8. The summed E-state index contributed by atoms with van der Waals surface area (Å²) < 4.78 is 5.49. The van der Waals surface area contributed by atoms with Crippen molar-refractivity contribution in [2.24, 2.45) is 0 Å². The number of nitrogens with two attached hydrogens (primary N) is 1. The minimum absolute atomic E-state index is 0.0371. The van der Waals surface area contributed by atoms with Gasteiger partial charge in [-0.3, -0.25) is 4.79 Å². The Balaban J connectivity index is 1.87. The molecule has 1 aliphatic rings. The molecule has 1 heterocycles. The third-order valence-corrected chi connectivity index (χ3v) is 3.92. The summed E-state index contributed by atoms with van der Waals surface area (Å²) >= 11 is 0. The minimum atomic E-state index is 0.0371. The highest BCUT2D eigenvalue weighted by Crippen LogP contribution is 2.31. The summed E-state index contributed by atoms with van der Waals surface area (Å²) in [6.07, 6.45) is 2.13. The second-order valence-electron chi connectivity index (χ2n) is 5.69. The fourth-order valence-corrected chi connectivity index (χ4v) is 2.61. The van der Waals surface area contributed by atoms with Gasteiger partial charge in [-0.1, -0.05) is 18.2 Å². The van der Waals surface area contributed by atoms with Gasteiger partial charge in [-0.15, -0.1) is 0 Å². The van der Waals surface area contributed by atoms with Crippen molar-refractivity contribution in [1.29, 1.82) is 0 Å². The van der Waals surface area contributed by atoms with E-state index < -0.39 is 0 Å². The first-order valence-corrected chi connectivity index (χ1v) is 7.27. The van der Waals surface area contributed by atoms with Gasteiger partial charge in [0.2, 0.25) is 0 Å². The molecule has 4 heteroatoms. The van der Waals surface area contributed by atoms with Gasteiger partial charge in [-0.2, -0.15) is 0 Å². The summed E-state index contributed by atoms with van der Waals surface area (Å²) in [6.45, 7) is 4.25. The van der Waals surface area contributed by atoms with Crippen molar-refractivity contribution in [3.8, 4) is 0 Å². The third kappa shape index (κ3) is 2.79. The quantitative estimate of drug-likeness (QED) is 0.876. The Hall–Kier alpha value is -2.23. The van der Waals surface area contributed by atoms with Crippen LogP contribution in [0.5, 0.6) is 0 Å². The minimum Gasteiger partial charge on any atom is -0.466 e. The van der Waals surface area contributed by atoms with E-state index in [2.05, 4.69) is 0 Å². The second kappa shape index (κ2) is 5.28. The summed E-state index contributed by atoms with van der Waals surface area (Å²) in [6, 6.07) is 9.86. The van der Waals surface area contributed by atoms with E-state index in [0.29, 0.717) is 23.9 Å². The maximum atomic E-state index is 12.8.